The maximum Gasteiger partial charge on any atom is 0.255 e. The molecule has 0 fully saturated rings. The number of anilines is 1. The Morgan fingerprint density at radius 1 is 0.386 bits per heavy atom. The van der Waals surface area contributed by atoms with Crippen molar-refractivity contribution in [2.45, 2.75) is 0 Å². The summed E-state index contributed by atoms with van der Waals surface area (Å²) in [4.78, 5) is 41.6. The van der Waals surface area contributed by atoms with Crippen LogP contribution >= 0.6 is 0 Å². The smallest absolute Gasteiger partial charge is 0.255 e. The molecule has 8 heterocycles. The maximum atomic E-state index is 13.0. The van der Waals surface area contributed by atoms with E-state index in [1.54, 1.807) is 30.7 Å². The average Bonchev–Trinajstić information content (AvgIpc) is 4.11. The predicted octanol–water partition coefficient (Wildman–Crippen LogP) is 5.74. The minimum atomic E-state index is -0.161. The normalized spacial score (nSPS) is 12.5. The number of nitrogens with one attached hydrogen (secondary N) is 5. The number of nitrogens with zero attached hydrogens (tertiary/aromatic N) is 3. The molecule has 272 valence electrons. The molecule has 0 atom stereocenters. The fourth-order valence-electron chi connectivity index (χ4n) is 7.62. The number of carbonyl (C=O) groups is 1. The predicted molar refractivity (Wildman–Crippen MR) is 222 cm³/mol. The van der Waals surface area contributed by atoms with Crippen molar-refractivity contribution in [1.82, 2.24) is 34.9 Å². The number of aromatic nitrogens is 7. The van der Waals surface area contributed by atoms with Crippen molar-refractivity contribution in [3.63, 3.8) is 0 Å². The van der Waals surface area contributed by atoms with E-state index in [0.717, 1.165) is 88.7 Å². The van der Waals surface area contributed by atoms with Crippen LogP contribution in [0.25, 0.3) is 22.3 Å². The highest BCUT2D eigenvalue weighted by molar-refractivity contribution is 6.04. The summed E-state index contributed by atoms with van der Waals surface area (Å²) in [5.41, 5.74) is 12.7. The molecule has 2 aromatic carbocycles. The lowest BCUT2D eigenvalue weighted by Gasteiger charge is -2.10. The minimum absolute atomic E-state index is 0.161. The first-order chi connectivity index (χ1) is 28.2. The van der Waals surface area contributed by atoms with Crippen LogP contribution in [0.3, 0.4) is 0 Å². The molecule has 1 aliphatic heterocycles. The fraction of sp³-hybridized carbons (Fsp3) is 0. The molecule has 10 rings (SSSR count). The SMILES string of the molecule is O=C(Nc1ccc(C2=c3ccc([nH]3)=C(c3cccnc3)c3ccc([nH]3)C(c3cccnc3)=c3ccc([nH]3)=C(c3cccnc3)c3ccc2[nH]3)cc1)c1ccccc1. The Morgan fingerprint density at radius 3 is 1.18 bits per heavy atom. The van der Waals surface area contributed by atoms with Gasteiger partial charge < -0.3 is 25.3 Å². The third-order valence-electron chi connectivity index (χ3n) is 10.2. The molecular formula is C48H34N8O. The van der Waals surface area contributed by atoms with Crippen LogP contribution in [-0.4, -0.2) is 40.8 Å². The van der Waals surface area contributed by atoms with E-state index in [1.165, 1.54) is 0 Å². The standard InChI is InChI=1S/C48H34N8O/c57-48(31-7-2-1-3-8-31)52-35-14-12-30(13-15-35)44-36-16-18-38(53-36)45(32-9-4-24-49-27-32)40-20-22-42(55-40)47(34-11-6-26-51-29-34)43-23-21-41(56-43)46(33-10-5-25-50-28-33)39-19-17-37(44)54-39/h1-29,53-56H,(H,52,57). The summed E-state index contributed by atoms with van der Waals surface area (Å²) < 4.78 is 0. The van der Waals surface area contributed by atoms with Crippen molar-refractivity contribution >= 4 is 33.9 Å². The first-order valence-corrected chi connectivity index (χ1v) is 18.6. The summed E-state index contributed by atoms with van der Waals surface area (Å²) in [6.07, 6.45) is 11.0. The van der Waals surface area contributed by atoms with Crippen molar-refractivity contribution in [2.75, 3.05) is 5.32 Å². The molecular weight excluding hydrogens is 705 g/mol. The highest BCUT2D eigenvalue weighted by Gasteiger charge is 2.19. The van der Waals surface area contributed by atoms with Gasteiger partial charge in [0.15, 0.2) is 0 Å². The number of hydrogen-bond donors (Lipinski definition) is 5. The van der Waals surface area contributed by atoms with Crippen LogP contribution in [0.1, 0.15) is 55.4 Å². The van der Waals surface area contributed by atoms with Crippen molar-refractivity contribution in [2.24, 2.45) is 0 Å². The Balaban J connectivity index is 1.24. The first kappa shape index (κ1) is 33.5. The summed E-state index contributed by atoms with van der Waals surface area (Å²) in [5.74, 6) is -0.161. The summed E-state index contributed by atoms with van der Waals surface area (Å²) in [6, 6.07) is 46.2. The van der Waals surface area contributed by atoms with Gasteiger partial charge in [-0.1, -0.05) is 48.5 Å². The lowest BCUT2D eigenvalue weighted by atomic mass is 10.0. The van der Waals surface area contributed by atoms with Gasteiger partial charge in [-0.2, -0.15) is 0 Å². The molecule has 0 spiro atoms. The van der Waals surface area contributed by atoms with E-state index in [0.29, 0.717) is 11.3 Å². The van der Waals surface area contributed by atoms with Crippen LogP contribution in [0.15, 0.2) is 177 Å². The number of rotatable bonds is 6. The van der Waals surface area contributed by atoms with E-state index < -0.39 is 0 Å². The molecule has 0 aliphatic carbocycles. The quantitative estimate of drug-likeness (QED) is 0.149. The number of amides is 1. The van der Waals surface area contributed by atoms with Gasteiger partial charge in [0.05, 0.1) is 0 Å². The second-order valence-corrected chi connectivity index (χ2v) is 13.8. The number of hydrogen-bond acceptors (Lipinski definition) is 4. The van der Waals surface area contributed by atoms with Crippen molar-refractivity contribution in [3.05, 3.63) is 249 Å². The lowest BCUT2D eigenvalue weighted by Crippen LogP contribution is -2.19. The zero-order valence-electron chi connectivity index (χ0n) is 30.5. The summed E-state index contributed by atoms with van der Waals surface area (Å²) in [6.45, 7) is 0. The van der Waals surface area contributed by atoms with Crippen LogP contribution in [-0.2, 0) is 0 Å². The zero-order chi connectivity index (χ0) is 38.1. The van der Waals surface area contributed by atoms with Gasteiger partial charge in [0.25, 0.3) is 5.91 Å². The zero-order valence-corrected chi connectivity index (χ0v) is 30.5. The summed E-state index contributed by atoms with van der Waals surface area (Å²) in [5, 5.41) is 6.73. The van der Waals surface area contributed by atoms with Gasteiger partial charge in [0, 0.05) is 132 Å². The number of H-pyrrole nitrogens is 4. The third-order valence-corrected chi connectivity index (χ3v) is 10.2. The van der Waals surface area contributed by atoms with Crippen molar-refractivity contribution in [1.29, 1.82) is 0 Å². The number of aromatic amines is 4. The molecule has 7 aromatic heterocycles. The number of benzene rings is 2. The second kappa shape index (κ2) is 14.3. The van der Waals surface area contributed by atoms with Gasteiger partial charge in [0.2, 0.25) is 0 Å². The molecule has 0 saturated heterocycles. The molecule has 9 nitrogen and oxygen atoms in total. The molecule has 1 aliphatic rings. The van der Waals surface area contributed by atoms with Crippen LogP contribution < -0.4 is 26.7 Å². The fourth-order valence-corrected chi connectivity index (χ4v) is 7.62. The van der Waals surface area contributed by atoms with Crippen LogP contribution in [0.5, 0.6) is 0 Å². The van der Waals surface area contributed by atoms with Crippen molar-refractivity contribution in [3.8, 4) is 0 Å². The van der Waals surface area contributed by atoms with Crippen LogP contribution in [0, 0.1) is 0 Å². The average molecular weight is 739 g/mol. The van der Waals surface area contributed by atoms with E-state index in [4.69, 9.17) is 0 Å². The van der Waals surface area contributed by atoms with Gasteiger partial charge >= 0.3 is 0 Å². The Kier molecular flexibility index (Phi) is 8.42. The maximum absolute atomic E-state index is 13.0. The number of pyridine rings is 3. The van der Waals surface area contributed by atoms with Crippen LogP contribution in [0.2, 0.25) is 0 Å². The Morgan fingerprint density at radius 2 is 0.789 bits per heavy atom. The van der Waals surface area contributed by atoms with Crippen LogP contribution in [0.4, 0.5) is 5.69 Å². The summed E-state index contributed by atoms with van der Waals surface area (Å²) >= 11 is 0. The third kappa shape index (κ3) is 6.39. The monoisotopic (exact) mass is 738 g/mol. The van der Waals surface area contributed by atoms with E-state index in [-0.39, 0.29) is 5.91 Å². The van der Waals surface area contributed by atoms with Gasteiger partial charge in [0.1, 0.15) is 0 Å². The number of fused-ring (bicyclic) bond motifs is 8. The molecule has 9 aromatic rings. The summed E-state index contributed by atoms with van der Waals surface area (Å²) in [7, 11) is 0. The Labute approximate surface area is 326 Å². The minimum Gasteiger partial charge on any atom is -0.354 e. The van der Waals surface area contributed by atoms with Gasteiger partial charge in [-0.25, -0.2) is 0 Å². The van der Waals surface area contributed by atoms with E-state index in [9.17, 15) is 4.79 Å². The molecule has 0 unspecified atom stereocenters. The van der Waals surface area contributed by atoms with E-state index in [1.807, 2.05) is 79.3 Å². The molecule has 1 amide bonds. The number of carbonyl (C=O) groups excluding carboxylic acids is 1. The van der Waals surface area contributed by atoms with Gasteiger partial charge in [-0.15, -0.1) is 0 Å². The van der Waals surface area contributed by atoms with Gasteiger partial charge in [-0.05, 0) is 96.6 Å². The topological polar surface area (TPSA) is 131 Å². The Hall–Kier alpha value is -8.04. The van der Waals surface area contributed by atoms with Gasteiger partial charge in [-0.3, -0.25) is 19.7 Å². The second-order valence-electron chi connectivity index (χ2n) is 13.8. The Bertz CT molecular complexity index is 3140. The highest BCUT2D eigenvalue weighted by atomic mass is 16.1. The molecule has 9 heteroatoms. The molecule has 0 saturated carbocycles. The molecule has 8 bridgehead atoms. The van der Waals surface area contributed by atoms with E-state index >= 15 is 0 Å². The molecule has 0 radical (unpaired) electrons. The molecule has 57 heavy (non-hydrogen) atoms. The highest BCUT2D eigenvalue weighted by Crippen LogP contribution is 2.28. The van der Waals surface area contributed by atoms with Crippen molar-refractivity contribution < 1.29 is 4.79 Å². The largest absolute Gasteiger partial charge is 0.354 e. The lowest BCUT2D eigenvalue weighted by molar-refractivity contribution is 0.102. The molecule has 5 N–H and O–H groups in total. The first-order valence-electron chi connectivity index (χ1n) is 18.6. The van der Waals surface area contributed by atoms with E-state index in [2.05, 4.69) is 107 Å².